The summed E-state index contributed by atoms with van der Waals surface area (Å²) in [4.78, 5) is 26.0. The molecule has 60 heavy (non-hydrogen) atoms. The summed E-state index contributed by atoms with van der Waals surface area (Å²) >= 11 is 0. The highest BCUT2D eigenvalue weighted by Gasteiger charge is 2.24. The molecule has 0 rings (SSSR count). The van der Waals surface area contributed by atoms with E-state index in [0.717, 1.165) is 83.5 Å². The Kier molecular flexibility index (Phi) is 46.1. The molecule has 0 aliphatic heterocycles. The molecule has 0 fully saturated rings. The van der Waals surface area contributed by atoms with Gasteiger partial charge in [0.1, 0.15) is 6.10 Å². The Balaban J connectivity index is 4.40. The molecule has 0 aromatic carbocycles. The molecular formula is C54H99NO5. The zero-order valence-corrected chi connectivity index (χ0v) is 39.8. The summed E-state index contributed by atoms with van der Waals surface area (Å²) < 4.78 is 5.88. The van der Waals surface area contributed by atoms with Crippen molar-refractivity contribution >= 4 is 11.9 Å². The maximum absolute atomic E-state index is 13.1. The van der Waals surface area contributed by atoms with Crippen molar-refractivity contribution < 1.29 is 24.5 Å². The summed E-state index contributed by atoms with van der Waals surface area (Å²) in [6.07, 6.45) is 57.5. The van der Waals surface area contributed by atoms with E-state index >= 15 is 0 Å². The summed E-state index contributed by atoms with van der Waals surface area (Å²) in [5, 5.41) is 23.7. The molecule has 0 heterocycles. The average Bonchev–Trinajstić information content (AvgIpc) is 3.24. The quantitative estimate of drug-likeness (QED) is 0.0322. The van der Waals surface area contributed by atoms with Crippen molar-refractivity contribution in [3.63, 3.8) is 0 Å². The molecule has 3 N–H and O–H groups in total. The first-order valence-electron chi connectivity index (χ1n) is 25.9. The minimum Gasteiger partial charge on any atom is -0.462 e. The number of aliphatic hydroxyl groups excluding tert-OH is 2. The first kappa shape index (κ1) is 57.8. The Hall–Kier alpha value is -2.18. The Labute approximate surface area is 372 Å². The van der Waals surface area contributed by atoms with Gasteiger partial charge in [0.05, 0.1) is 25.2 Å². The first-order chi connectivity index (χ1) is 29.5. The highest BCUT2D eigenvalue weighted by Crippen LogP contribution is 2.18. The SMILES string of the molecule is CCCCC/C=C\C/C=C\C/C=C\C/C=C\CCCCCC(=O)OC(CCCCCCCCC)CC(=O)NC(CO)C(O)CCCCCCCCCCCCCCCCC. The topological polar surface area (TPSA) is 95.9 Å². The van der Waals surface area contributed by atoms with Crippen LogP contribution < -0.4 is 5.32 Å². The van der Waals surface area contributed by atoms with Crippen LogP contribution in [0.2, 0.25) is 0 Å². The van der Waals surface area contributed by atoms with Crippen LogP contribution >= 0.6 is 0 Å². The van der Waals surface area contributed by atoms with Crippen LogP contribution in [0, 0.1) is 0 Å². The van der Waals surface area contributed by atoms with Crippen LogP contribution in [0.3, 0.4) is 0 Å². The summed E-state index contributed by atoms with van der Waals surface area (Å²) in [5.41, 5.74) is 0. The zero-order chi connectivity index (χ0) is 43.8. The first-order valence-corrected chi connectivity index (χ1v) is 25.9. The van der Waals surface area contributed by atoms with E-state index in [-0.39, 0.29) is 24.9 Å². The molecule has 6 heteroatoms. The number of nitrogens with one attached hydrogen (secondary N) is 1. The molecule has 3 atom stereocenters. The number of ether oxygens (including phenoxy) is 1. The minimum atomic E-state index is -0.791. The van der Waals surface area contributed by atoms with Crippen molar-refractivity contribution in [2.75, 3.05) is 6.61 Å². The molecule has 0 radical (unpaired) electrons. The summed E-state index contributed by atoms with van der Waals surface area (Å²) in [6, 6.07) is -0.705. The van der Waals surface area contributed by atoms with Gasteiger partial charge in [-0.25, -0.2) is 0 Å². The smallest absolute Gasteiger partial charge is 0.306 e. The van der Waals surface area contributed by atoms with Crippen molar-refractivity contribution in [2.45, 2.75) is 277 Å². The molecule has 350 valence electrons. The van der Waals surface area contributed by atoms with Crippen LogP contribution in [0.15, 0.2) is 48.6 Å². The number of unbranched alkanes of at least 4 members (excludes halogenated alkanes) is 26. The number of esters is 1. The highest BCUT2D eigenvalue weighted by atomic mass is 16.5. The van der Waals surface area contributed by atoms with E-state index in [2.05, 4.69) is 74.7 Å². The molecule has 0 saturated heterocycles. The van der Waals surface area contributed by atoms with Crippen LogP contribution in [-0.2, 0) is 14.3 Å². The van der Waals surface area contributed by atoms with E-state index in [0.29, 0.717) is 19.3 Å². The van der Waals surface area contributed by atoms with Crippen LogP contribution in [0.4, 0.5) is 0 Å². The van der Waals surface area contributed by atoms with E-state index < -0.39 is 18.2 Å². The van der Waals surface area contributed by atoms with Crippen LogP contribution in [0.1, 0.15) is 258 Å². The third kappa shape index (κ3) is 42.5. The predicted molar refractivity (Wildman–Crippen MR) is 259 cm³/mol. The van der Waals surface area contributed by atoms with Crippen LogP contribution in [-0.4, -0.2) is 46.9 Å². The van der Waals surface area contributed by atoms with E-state index in [1.165, 1.54) is 128 Å². The number of hydrogen-bond acceptors (Lipinski definition) is 5. The van der Waals surface area contributed by atoms with Gasteiger partial charge in [-0.3, -0.25) is 9.59 Å². The molecular weight excluding hydrogens is 743 g/mol. The maximum atomic E-state index is 13.1. The molecule has 6 nitrogen and oxygen atoms in total. The van der Waals surface area contributed by atoms with Gasteiger partial charge in [0.25, 0.3) is 0 Å². The lowest BCUT2D eigenvalue weighted by molar-refractivity contribution is -0.151. The van der Waals surface area contributed by atoms with Gasteiger partial charge in [-0.05, 0) is 70.6 Å². The summed E-state index contributed by atoms with van der Waals surface area (Å²) in [7, 11) is 0. The Bertz CT molecular complexity index is 1040. The van der Waals surface area contributed by atoms with Crippen molar-refractivity contribution in [3.05, 3.63) is 48.6 Å². The normalized spacial score (nSPS) is 13.6. The second-order valence-electron chi connectivity index (χ2n) is 17.6. The molecule has 3 unspecified atom stereocenters. The third-order valence-corrected chi connectivity index (χ3v) is 11.7. The standard InChI is InChI=1S/C54H99NO5/c1-4-7-10-13-16-18-20-22-24-25-26-27-29-31-33-35-38-41-44-47-54(59)60-50(45-42-39-36-15-12-9-6-3)48-53(58)55-51(49-56)52(57)46-43-40-37-34-32-30-28-23-21-19-17-14-11-8-5-2/h16,18,22,24,26-27,31,33,50-52,56-57H,4-15,17,19-21,23,25,28-30,32,34-49H2,1-3H3,(H,55,58)/b18-16-,24-22-,27-26-,33-31-. The van der Waals surface area contributed by atoms with Gasteiger partial charge in [0.15, 0.2) is 0 Å². The maximum Gasteiger partial charge on any atom is 0.306 e. The number of carbonyl (C=O) groups excluding carboxylic acids is 2. The number of allylic oxidation sites excluding steroid dienone is 8. The number of rotatable bonds is 46. The van der Waals surface area contributed by atoms with Gasteiger partial charge in [-0.2, -0.15) is 0 Å². The molecule has 0 bridgehead atoms. The van der Waals surface area contributed by atoms with Gasteiger partial charge < -0.3 is 20.3 Å². The van der Waals surface area contributed by atoms with Gasteiger partial charge in [0, 0.05) is 6.42 Å². The second kappa shape index (κ2) is 47.9. The largest absolute Gasteiger partial charge is 0.462 e. The fraction of sp³-hybridized carbons (Fsp3) is 0.815. The molecule has 0 spiro atoms. The van der Waals surface area contributed by atoms with Crippen molar-refractivity contribution in [1.29, 1.82) is 0 Å². The Morgan fingerprint density at radius 3 is 1.30 bits per heavy atom. The van der Waals surface area contributed by atoms with Crippen LogP contribution in [0.5, 0.6) is 0 Å². The molecule has 0 saturated carbocycles. The monoisotopic (exact) mass is 842 g/mol. The van der Waals surface area contributed by atoms with Gasteiger partial charge >= 0.3 is 5.97 Å². The lowest BCUT2D eigenvalue weighted by atomic mass is 10.0. The molecule has 1 amide bonds. The molecule has 0 aromatic heterocycles. The lowest BCUT2D eigenvalue weighted by Gasteiger charge is -2.24. The zero-order valence-electron chi connectivity index (χ0n) is 39.8. The number of carbonyl (C=O) groups is 2. The van der Waals surface area contributed by atoms with Gasteiger partial charge in [-0.15, -0.1) is 0 Å². The number of aliphatic hydroxyl groups is 2. The molecule has 0 aliphatic rings. The molecule has 0 aliphatic carbocycles. The minimum absolute atomic E-state index is 0.0653. The van der Waals surface area contributed by atoms with Crippen molar-refractivity contribution in [2.24, 2.45) is 0 Å². The second-order valence-corrected chi connectivity index (χ2v) is 17.6. The van der Waals surface area contributed by atoms with Gasteiger partial charge in [-0.1, -0.05) is 223 Å². The Morgan fingerprint density at radius 2 is 0.850 bits per heavy atom. The van der Waals surface area contributed by atoms with Gasteiger partial charge in [0.2, 0.25) is 5.91 Å². The summed E-state index contributed by atoms with van der Waals surface area (Å²) in [6.45, 7) is 6.42. The Morgan fingerprint density at radius 1 is 0.483 bits per heavy atom. The summed E-state index contributed by atoms with van der Waals surface area (Å²) in [5.74, 6) is -0.510. The predicted octanol–water partition coefficient (Wildman–Crippen LogP) is 15.5. The van der Waals surface area contributed by atoms with E-state index in [4.69, 9.17) is 4.74 Å². The van der Waals surface area contributed by atoms with Crippen LogP contribution in [0.25, 0.3) is 0 Å². The van der Waals surface area contributed by atoms with Crippen molar-refractivity contribution in [3.8, 4) is 0 Å². The third-order valence-electron chi connectivity index (χ3n) is 11.7. The highest BCUT2D eigenvalue weighted by molar-refractivity contribution is 5.77. The fourth-order valence-electron chi connectivity index (χ4n) is 7.71. The number of amides is 1. The van der Waals surface area contributed by atoms with E-state index in [1.54, 1.807) is 0 Å². The average molecular weight is 842 g/mol. The number of hydrogen-bond donors (Lipinski definition) is 3. The van der Waals surface area contributed by atoms with Crippen molar-refractivity contribution in [1.82, 2.24) is 5.32 Å². The molecule has 0 aromatic rings. The van der Waals surface area contributed by atoms with E-state index in [9.17, 15) is 19.8 Å². The lowest BCUT2D eigenvalue weighted by Crippen LogP contribution is -2.46. The fourth-order valence-corrected chi connectivity index (χ4v) is 7.71. The van der Waals surface area contributed by atoms with E-state index in [1.807, 2.05) is 0 Å².